The summed E-state index contributed by atoms with van der Waals surface area (Å²) in [5.74, 6) is 0.688. The van der Waals surface area contributed by atoms with Crippen molar-refractivity contribution >= 4 is 39.5 Å². The molecule has 19 heavy (non-hydrogen) atoms. The highest BCUT2D eigenvalue weighted by atomic mass is 35.5. The molecule has 0 unspecified atom stereocenters. The summed E-state index contributed by atoms with van der Waals surface area (Å²) in [6, 6.07) is 5.16. The zero-order valence-electron chi connectivity index (χ0n) is 9.30. The zero-order valence-corrected chi connectivity index (χ0v) is 11.6. The van der Waals surface area contributed by atoms with Crippen LogP contribution in [-0.2, 0) is 0 Å². The van der Waals surface area contributed by atoms with Crippen molar-refractivity contribution in [2.75, 3.05) is 5.73 Å². The van der Waals surface area contributed by atoms with E-state index < -0.39 is 0 Å². The predicted octanol–water partition coefficient (Wildman–Crippen LogP) is 3.75. The molecule has 96 valence electrons. The summed E-state index contributed by atoms with van der Waals surface area (Å²) < 4.78 is 5.17. The summed E-state index contributed by atoms with van der Waals surface area (Å²) in [4.78, 5) is 9.12. The van der Waals surface area contributed by atoms with Crippen LogP contribution in [0.2, 0.25) is 10.0 Å². The molecule has 5 nitrogen and oxygen atoms in total. The van der Waals surface area contributed by atoms with E-state index in [2.05, 4.69) is 15.1 Å². The molecule has 2 N–H and O–H groups in total. The van der Waals surface area contributed by atoms with Crippen LogP contribution in [0.1, 0.15) is 0 Å². The molecule has 3 rings (SSSR count). The predicted molar refractivity (Wildman–Crippen MR) is 75.3 cm³/mol. The van der Waals surface area contributed by atoms with Crippen molar-refractivity contribution in [2.45, 2.75) is 0 Å². The Balaban J connectivity index is 2.01. The molecule has 3 aromatic heterocycles. The van der Waals surface area contributed by atoms with Gasteiger partial charge in [0.25, 0.3) is 5.89 Å². The lowest BCUT2D eigenvalue weighted by molar-refractivity contribution is 0.433. The molecule has 0 bridgehead atoms. The van der Waals surface area contributed by atoms with E-state index in [0.717, 1.165) is 4.88 Å². The minimum atomic E-state index is 0.309. The largest absolute Gasteiger partial charge is 0.391 e. The van der Waals surface area contributed by atoms with Gasteiger partial charge in [-0.1, -0.05) is 28.4 Å². The van der Waals surface area contributed by atoms with Crippen LogP contribution in [0, 0.1) is 0 Å². The molecule has 0 aromatic carbocycles. The Morgan fingerprint density at radius 2 is 2.11 bits per heavy atom. The monoisotopic (exact) mass is 312 g/mol. The van der Waals surface area contributed by atoms with E-state index in [9.17, 15) is 0 Å². The van der Waals surface area contributed by atoms with Gasteiger partial charge in [0.2, 0.25) is 5.82 Å². The lowest BCUT2D eigenvalue weighted by atomic mass is 10.3. The van der Waals surface area contributed by atoms with Crippen molar-refractivity contribution in [3.63, 3.8) is 0 Å². The molecule has 0 fully saturated rings. The number of pyridine rings is 1. The van der Waals surface area contributed by atoms with E-state index in [1.807, 2.05) is 6.07 Å². The van der Waals surface area contributed by atoms with E-state index in [1.165, 1.54) is 17.5 Å². The molecule has 0 aliphatic rings. The fraction of sp³-hybridized carbons (Fsp3) is 0. The Kier molecular flexibility index (Phi) is 3.14. The molecule has 0 amide bonds. The van der Waals surface area contributed by atoms with Crippen molar-refractivity contribution in [1.82, 2.24) is 15.1 Å². The summed E-state index contributed by atoms with van der Waals surface area (Å²) in [6.07, 6.45) is 1.47. The van der Waals surface area contributed by atoms with E-state index in [1.54, 1.807) is 12.1 Å². The highest BCUT2D eigenvalue weighted by molar-refractivity contribution is 7.19. The van der Waals surface area contributed by atoms with E-state index in [4.69, 9.17) is 33.5 Å². The van der Waals surface area contributed by atoms with Crippen LogP contribution in [0.15, 0.2) is 28.9 Å². The molecule has 8 heteroatoms. The molecular formula is C11H6Cl2N4OS. The van der Waals surface area contributed by atoms with Gasteiger partial charge in [0.05, 0.1) is 19.9 Å². The van der Waals surface area contributed by atoms with Gasteiger partial charge in [0.1, 0.15) is 5.69 Å². The standard InChI is InChI=1S/C11H6Cl2N4OS/c12-5-3-6(13)9(15-4-5)10-16-11(18-17-10)7-1-2-8(14)19-7/h1-4H,14H2. The Bertz CT molecular complexity index is 740. The highest BCUT2D eigenvalue weighted by Crippen LogP contribution is 2.31. The van der Waals surface area contributed by atoms with Crippen molar-refractivity contribution in [1.29, 1.82) is 0 Å². The summed E-state index contributed by atoms with van der Waals surface area (Å²) >= 11 is 13.2. The molecule has 0 radical (unpaired) electrons. The minimum absolute atomic E-state index is 0.309. The van der Waals surface area contributed by atoms with Crippen molar-refractivity contribution in [2.24, 2.45) is 0 Å². The average Bonchev–Trinajstić information content (AvgIpc) is 2.97. The van der Waals surface area contributed by atoms with E-state index >= 15 is 0 Å². The normalized spacial score (nSPS) is 10.8. The van der Waals surface area contributed by atoms with E-state index in [0.29, 0.717) is 32.5 Å². The summed E-state index contributed by atoms with van der Waals surface area (Å²) in [5, 5.41) is 5.34. The minimum Gasteiger partial charge on any atom is -0.391 e. The molecule has 0 aliphatic heterocycles. The first-order valence-corrected chi connectivity index (χ1v) is 6.71. The van der Waals surface area contributed by atoms with Gasteiger partial charge in [-0.25, -0.2) is 4.98 Å². The lowest BCUT2D eigenvalue weighted by Gasteiger charge is -1.97. The number of hydrogen-bond acceptors (Lipinski definition) is 6. The van der Waals surface area contributed by atoms with Crippen LogP contribution < -0.4 is 5.73 Å². The van der Waals surface area contributed by atoms with Crippen molar-refractivity contribution < 1.29 is 4.52 Å². The van der Waals surface area contributed by atoms with E-state index in [-0.39, 0.29) is 0 Å². The number of thiophene rings is 1. The lowest BCUT2D eigenvalue weighted by Crippen LogP contribution is -1.87. The van der Waals surface area contributed by atoms with Gasteiger partial charge >= 0.3 is 0 Å². The molecule has 0 saturated carbocycles. The highest BCUT2D eigenvalue weighted by Gasteiger charge is 2.15. The fourth-order valence-corrected chi connectivity index (χ4v) is 2.63. The fourth-order valence-electron chi connectivity index (χ4n) is 1.47. The van der Waals surface area contributed by atoms with Gasteiger partial charge in [-0.05, 0) is 18.2 Å². The van der Waals surface area contributed by atoms with Crippen LogP contribution in [0.5, 0.6) is 0 Å². The molecule has 0 atom stereocenters. The van der Waals surface area contributed by atoms with Crippen LogP contribution in [-0.4, -0.2) is 15.1 Å². The summed E-state index contributed by atoms with van der Waals surface area (Å²) in [5.41, 5.74) is 6.08. The maximum Gasteiger partial charge on any atom is 0.268 e. The molecule has 0 saturated heterocycles. The van der Waals surface area contributed by atoms with Crippen LogP contribution >= 0.6 is 34.5 Å². The van der Waals surface area contributed by atoms with Gasteiger partial charge in [-0.3, -0.25) is 0 Å². The number of nitrogens with two attached hydrogens (primary N) is 1. The Morgan fingerprint density at radius 1 is 1.26 bits per heavy atom. The Hall–Kier alpha value is -1.63. The number of halogens is 2. The second-order valence-corrected chi connectivity index (χ2v) is 5.57. The number of hydrogen-bond donors (Lipinski definition) is 1. The number of nitrogens with zero attached hydrogens (tertiary/aromatic N) is 3. The first kappa shape index (κ1) is 12.4. The number of anilines is 1. The zero-order chi connectivity index (χ0) is 13.4. The second-order valence-electron chi connectivity index (χ2n) is 3.61. The first-order chi connectivity index (χ1) is 9.13. The quantitative estimate of drug-likeness (QED) is 0.779. The van der Waals surface area contributed by atoms with Crippen LogP contribution in [0.25, 0.3) is 22.3 Å². The molecule has 0 spiro atoms. The third kappa shape index (κ3) is 2.42. The van der Waals surface area contributed by atoms with Crippen molar-refractivity contribution in [3.8, 4) is 22.3 Å². The van der Waals surface area contributed by atoms with Gasteiger partial charge in [0.15, 0.2) is 0 Å². The summed E-state index contributed by atoms with van der Waals surface area (Å²) in [6.45, 7) is 0. The number of rotatable bonds is 2. The van der Waals surface area contributed by atoms with Crippen molar-refractivity contribution in [3.05, 3.63) is 34.4 Å². The van der Waals surface area contributed by atoms with Crippen LogP contribution in [0.3, 0.4) is 0 Å². The molecule has 0 aliphatic carbocycles. The molecular weight excluding hydrogens is 307 g/mol. The number of aromatic nitrogens is 3. The van der Waals surface area contributed by atoms with Gasteiger partial charge in [0, 0.05) is 6.20 Å². The second kappa shape index (κ2) is 4.80. The smallest absolute Gasteiger partial charge is 0.268 e. The molecule has 3 heterocycles. The van der Waals surface area contributed by atoms with Crippen LogP contribution in [0.4, 0.5) is 5.00 Å². The first-order valence-electron chi connectivity index (χ1n) is 5.14. The molecule has 3 aromatic rings. The third-order valence-electron chi connectivity index (χ3n) is 2.28. The third-order valence-corrected chi connectivity index (χ3v) is 3.68. The van der Waals surface area contributed by atoms with Gasteiger partial charge < -0.3 is 10.3 Å². The Labute approximate surface area is 122 Å². The average molecular weight is 313 g/mol. The maximum absolute atomic E-state index is 6.04. The number of nitrogen functional groups attached to an aromatic ring is 1. The maximum atomic E-state index is 6.04. The Morgan fingerprint density at radius 3 is 2.79 bits per heavy atom. The summed E-state index contributed by atoms with van der Waals surface area (Å²) in [7, 11) is 0. The van der Waals surface area contributed by atoms with Gasteiger partial charge in [-0.2, -0.15) is 4.98 Å². The van der Waals surface area contributed by atoms with Gasteiger partial charge in [-0.15, -0.1) is 11.3 Å². The topological polar surface area (TPSA) is 77.8 Å². The SMILES string of the molecule is Nc1ccc(-c2nc(-c3ncc(Cl)cc3Cl)no2)s1.